The van der Waals surface area contributed by atoms with Crippen LogP contribution >= 0.6 is 15.9 Å². The van der Waals surface area contributed by atoms with E-state index >= 15 is 0 Å². The van der Waals surface area contributed by atoms with Crippen LogP contribution < -0.4 is 5.32 Å². The van der Waals surface area contributed by atoms with Crippen LogP contribution in [0.3, 0.4) is 0 Å². The van der Waals surface area contributed by atoms with E-state index < -0.39 is 10.2 Å². The first kappa shape index (κ1) is 21.3. The molecule has 0 aliphatic carbocycles. The highest BCUT2D eigenvalue weighted by molar-refractivity contribution is 9.10. The molecule has 1 aromatic carbocycles. The predicted octanol–water partition coefficient (Wildman–Crippen LogP) is 1.90. The molecule has 0 bridgehead atoms. The highest BCUT2D eigenvalue weighted by Crippen LogP contribution is 2.23. The van der Waals surface area contributed by atoms with Crippen LogP contribution in [-0.2, 0) is 15.0 Å². The summed E-state index contributed by atoms with van der Waals surface area (Å²) >= 11 is 3.45. The number of benzene rings is 1. The van der Waals surface area contributed by atoms with Crippen molar-refractivity contribution in [2.45, 2.75) is 20.8 Å². The van der Waals surface area contributed by atoms with E-state index in [1.165, 1.54) is 8.61 Å². The number of nitrogens with one attached hydrogen (secondary N) is 1. The molecule has 9 heteroatoms. The Morgan fingerprint density at radius 2 is 1.81 bits per heavy atom. The number of amides is 1. The maximum absolute atomic E-state index is 12.5. The zero-order chi connectivity index (χ0) is 19.3. The van der Waals surface area contributed by atoms with Gasteiger partial charge >= 0.3 is 0 Å². The molecule has 1 amide bonds. The van der Waals surface area contributed by atoms with E-state index in [1.807, 2.05) is 43.9 Å². The van der Waals surface area contributed by atoms with Crippen LogP contribution in [0.2, 0.25) is 0 Å². The summed E-state index contributed by atoms with van der Waals surface area (Å²) < 4.78 is 28.9. The Bertz CT molecular complexity index is 730. The van der Waals surface area contributed by atoms with E-state index in [0.29, 0.717) is 39.3 Å². The second-order valence-electron chi connectivity index (χ2n) is 6.30. The minimum absolute atomic E-state index is 0.102. The van der Waals surface area contributed by atoms with Crippen molar-refractivity contribution in [2.24, 2.45) is 0 Å². The Balaban J connectivity index is 1.87. The van der Waals surface area contributed by atoms with Gasteiger partial charge in [0.05, 0.1) is 12.2 Å². The van der Waals surface area contributed by atoms with Crippen molar-refractivity contribution in [3.8, 4) is 0 Å². The maximum atomic E-state index is 12.5. The first-order valence-corrected chi connectivity index (χ1v) is 11.0. The number of aryl methyl sites for hydroxylation is 1. The molecule has 0 radical (unpaired) electrons. The molecule has 0 spiro atoms. The van der Waals surface area contributed by atoms with Gasteiger partial charge in [-0.05, 0) is 40.5 Å². The summed E-state index contributed by atoms with van der Waals surface area (Å²) in [4.78, 5) is 14.3. The molecule has 1 fully saturated rings. The van der Waals surface area contributed by atoms with Crippen molar-refractivity contribution in [1.29, 1.82) is 0 Å². The summed E-state index contributed by atoms with van der Waals surface area (Å²) in [7, 11) is -3.40. The standard InChI is InChI=1S/C17H27BrN4O3S/c1-4-21(5-2)26(24,25)22-10-8-20(9-11-22)13-17(23)19-16-7-6-14(3)12-15(16)18/h6-7,12H,4-5,8-11,13H2,1-3H3,(H,19,23). The number of halogens is 1. The molecule has 146 valence electrons. The Morgan fingerprint density at radius 3 is 2.35 bits per heavy atom. The Labute approximate surface area is 164 Å². The van der Waals surface area contributed by atoms with Crippen molar-refractivity contribution >= 4 is 37.7 Å². The Hall–Kier alpha value is -1.000. The molecule has 1 saturated heterocycles. The number of piperazine rings is 1. The lowest BCUT2D eigenvalue weighted by Gasteiger charge is -2.35. The molecule has 1 aliphatic rings. The van der Waals surface area contributed by atoms with Gasteiger partial charge in [0.15, 0.2) is 0 Å². The lowest BCUT2D eigenvalue weighted by molar-refractivity contribution is -0.117. The third-order valence-electron chi connectivity index (χ3n) is 4.46. The molecule has 1 aliphatic heterocycles. The third-order valence-corrected chi connectivity index (χ3v) is 7.30. The van der Waals surface area contributed by atoms with Crippen molar-refractivity contribution in [3.05, 3.63) is 28.2 Å². The largest absolute Gasteiger partial charge is 0.324 e. The molecule has 2 rings (SSSR count). The van der Waals surface area contributed by atoms with Gasteiger partial charge in [0.1, 0.15) is 0 Å². The van der Waals surface area contributed by atoms with Gasteiger partial charge in [-0.25, -0.2) is 0 Å². The van der Waals surface area contributed by atoms with Gasteiger partial charge in [-0.1, -0.05) is 19.9 Å². The van der Waals surface area contributed by atoms with E-state index in [9.17, 15) is 13.2 Å². The molecule has 0 saturated carbocycles. The van der Waals surface area contributed by atoms with Crippen molar-refractivity contribution in [1.82, 2.24) is 13.5 Å². The van der Waals surface area contributed by atoms with Gasteiger partial charge in [-0.2, -0.15) is 17.0 Å². The monoisotopic (exact) mass is 446 g/mol. The van der Waals surface area contributed by atoms with E-state index in [-0.39, 0.29) is 12.5 Å². The molecule has 26 heavy (non-hydrogen) atoms. The Morgan fingerprint density at radius 1 is 1.19 bits per heavy atom. The average Bonchev–Trinajstić information content (AvgIpc) is 2.59. The first-order valence-electron chi connectivity index (χ1n) is 8.81. The zero-order valence-corrected chi connectivity index (χ0v) is 17.9. The predicted molar refractivity (Wildman–Crippen MR) is 107 cm³/mol. The van der Waals surface area contributed by atoms with Crippen LogP contribution in [0.15, 0.2) is 22.7 Å². The number of carbonyl (C=O) groups is 1. The van der Waals surface area contributed by atoms with Gasteiger partial charge < -0.3 is 5.32 Å². The number of rotatable bonds is 7. The molecule has 0 aromatic heterocycles. The topological polar surface area (TPSA) is 73.0 Å². The maximum Gasteiger partial charge on any atom is 0.282 e. The highest BCUT2D eigenvalue weighted by Gasteiger charge is 2.31. The van der Waals surface area contributed by atoms with Crippen LogP contribution in [0.1, 0.15) is 19.4 Å². The van der Waals surface area contributed by atoms with Crippen molar-refractivity contribution in [2.75, 3.05) is 51.1 Å². The van der Waals surface area contributed by atoms with E-state index in [0.717, 1.165) is 15.7 Å². The minimum atomic E-state index is -3.40. The molecule has 0 unspecified atom stereocenters. The summed E-state index contributed by atoms with van der Waals surface area (Å²) in [6, 6.07) is 5.76. The van der Waals surface area contributed by atoms with Crippen molar-refractivity contribution in [3.63, 3.8) is 0 Å². The van der Waals surface area contributed by atoms with Crippen LogP contribution in [-0.4, -0.2) is 73.6 Å². The zero-order valence-electron chi connectivity index (χ0n) is 15.5. The highest BCUT2D eigenvalue weighted by atomic mass is 79.9. The summed E-state index contributed by atoms with van der Waals surface area (Å²) in [5, 5.41) is 2.90. The van der Waals surface area contributed by atoms with Crippen molar-refractivity contribution < 1.29 is 13.2 Å². The number of hydrogen-bond acceptors (Lipinski definition) is 4. The second kappa shape index (κ2) is 9.27. The molecule has 1 aromatic rings. The molecular weight excluding hydrogens is 420 g/mol. The quantitative estimate of drug-likeness (QED) is 0.693. The summed E-state index contributed by atoms with van der Waals surface area (Å²) in [6.07, 6.45) is 0. The fraction of sp³-hybridized carbons (Fsp3) is 0.588. The van der Waals surface area contributed by atoms with Crippen LogP contribution in [0.4, 0.5) is 5.69 Å². The van der Waals surface area contributed by atoms with Crippen LogP contribution in [0.5, 0.6) is 0 Å². The first-order chi connectivity index (χ1) is 12.3. The lowest BCUT2D eigenvalue weighted by Crippen LogP contribution is -2.54. The molecule has 0 atom stereocenters. The summed E-state index contributed by atoms with van der Waals surface area (Å²) in [5.74, 6) is -0.102. The van der Waals surface area contributed by atoms with Gasteiger partial charge in [-0.3, -0.25) is 9.69 Å². The van der Waals surface area contributed by atoms with E-state index in [1.54, 1.807) is 0 Å². The molecule has 1 heterocycles. The van der Waals surface area contributed by atoms with Gasteiger partial charge in [-0.15, -0.1) is 0 Å². The van der Waals surface area contributed by atoms with Crippen LogP contribution in [0.25, 0.3) is 0 Å². The Kier molecular flexibility index (Phi) is 7.60. The van der Waals surface area contributed by atoms with Gasteiger partial charge in [0.25, 0.3) is 10.2 Å². The normalized spacial score (nSPS) is 16.8. The fourth-order valence-corrected chi connectivity index (χ4v) is 5.14. The molecule has 7 nitrogen and oxygen atoms in total. The fourth-order valence-electron chi connectivity index (χ4n) is 2.95. The molecule has 1 N–H and O–H groups in total. The second-order valence-corrected chi connectivity index (χ2v) is 9.08. The third kappa shape index (κ3) is 5.26. The molecular formula is C17H27BrN4O3S. The summed E-state index contributed by atoms with van der Waals surface area (Å²) in [6.45, 7) is 8.74. The van der Waals surface area contributed by atoms with E-state index in [4.69, 9.17) is 0 Å². The van der Waals surface area contributed by atoms with Gasteiger partial charge in [0.2, 0.25) is 5.91 Å². The smallest absolute Gasteiger partial charge is 0.282 e. The summed E-state index contributed by atoms with van der Waals surface area (Å²) in [5.41, 5.74) is 1.85. The van der Waals surface area contributed by atoms with Gasteiger partial charge in [0, 0.05) is 43.7 Å². The number of nitrogens with zero attached hydrogens (tertiary/aromatic N) is 3. The van der Waals surface area contributed by atoms with E-state index in [2.05, 4.69) is 21.2 Å². The number of anilines is 1. The number of hydrogen-bond donors (Lipinski definition) is 1. The number of carbonyl (C=O) groups excluding carboxylic acids is 1. The van der Waals surface area contributed by atoms with Crippen LogP contribution in [0, 0.1) is 6.92 Å². The SMILES string of the molecule is CCN(CC)S(=O)(=O)N1CCN(CC(=O)Nc2ccc(C)cc2Br)CC1. The average molecular weight is 447 g/mol. The minimum Gasteiger partial charge on any atom is -0.324 e. The lowest BCUT2D eigenvalue weighted by atomic mass is 10.2.